The number of nitrogens with one attached hydrogen (secondary N) is 1. The molecule has 0 saturated carbocycles. The van der Waals surface area contributed by atoms with Gasteiger partial charge in [-0.3, -0.25) is 13.9 Å². The van der Waals surface area contributed by atoms with Crippen molar-refractivity contribution in [3.63, 3.8) is 0 Å². The van der Waals surface area contributed by atoms with E-state index >= 15 is 0 Å². The highest BCUT2D eigenvalue weighted by atomic mass is 32.2. The first-order valence-electron chi connectivity index (χ1n) is 16.0. The molecule has 47 heavy (non-hydrogen) atoms. The second-order valence-electron chi connectivity index (χ2n) is 12.3. The van der Waals surface area contributed by atoms with Gasteiger partial charge in [-0.2, -0.15) is 0 Å². The van der Waals surface area contributed by atoms with Crippen molar-refractivity contribution in [1.82, 2.24) is 14.5 Å². The fraction of sp³-hybridized carbons (Fsp3) is 0.486. The van der Waals surface area contributed by atoms with Gasteiger partial charge in [-0.25, -0.2) is 17.2 Å². The number of aliphatic hydroxyl groups is 1. The smallest absolute Gasteiger partial charge is 0.249 e. The monoisotopic (exact) mass is 674 g/mol. The molecule has 3 atom stereocenters. The Morgan fingerprint density at radius 1 is 1.02 bits per heavy atom. The van der Waals surface area contributed by atoms with E-state index in [0.717, 1.165) is 46.3 Å². The number of aryl methyl sites for hydroxylation is 1. The number of primary amides is 1. The molecule has 0 saturated heterocycles. The quantitative estimate of drug-likeness (QED) is 0.232. The van der Waals surface area contributed by atoms with Crippen molar-refractivity contribution < 1.29 is 31.9 Å². The van der Waals surface area contributed by atoms with Gasteiger partial charge >= 0.3 is 0 Å². The lowest BCUT2D eigenvalue weighted by Crippen LogP contribution is -2.52. The van der Waals surface area contributed by atoms with Crippen LogP contribution in [0.3, 0.4) is 0 Å². The Kier molecular flexibility index (Phi) is 13.3. The molecular weight excluding hydrogens is 626 g/mol. The number of nitrogens with zero attached hydrogens (tertiary/aromatic N) is 2. The molecule has 258 valence electrons. The van der Waals surface area contributed by atoms with E-state index in [0.29, 0.717) is 32.5 Å². The van der Waals surface area contributed by atoms with Crippen molar-refractivity contribution in [2.45, 2.75) is 65.5 Å². The van der Waals surface area contributed by atoms with E-state index in [1.807, 2.05) is 45.0 Å². The van der Waals surface area contributed by atoms with Gasteiger partial charge in [-0.15, -0.1) is 0 Å². The standard InChI is InChI=1S/C35H48F2N4O5S/c1-6-12-41(13-7-2)33(43)27-18-30(40(4)47(5,45)46)21-35(20-27,34(38)44)31(17-26-15-28(36)19-29(37)16-26)32(42)23-39-22-25-11-9-10-24(8-3)14-25/h9-11,14-16,18-19,21,31-32,39,42H,6-8,12-13,17,20,22-23H2,1-5H3,(H2,38,44)/t31-,32+,35?/m1/s1. The van der Waals surface area contributed by atoms with Gasteiger partial charge in [-0.05, 0) is 73.1 Å². The lowest BCUT2D eigenvalue weighted by atomic mass is 9.63. The van der Waals surface area contributed by atoms with Crippen LogP contribution in [0.4, 0.5) is 8.78 Å². The minimum atomic E-state index is -3.87. The molecule has 0 aromatic heterocycles. The van der Waals surface area contributed by atoms with Gasteiger partial charge < -0.3 is 21.1 Å². The van der Waals surface area contributed by atoms with Crippen molar-refractivity contribution in [2.75, 3.05) is 32.9 Å². The third kappa shape index (κ3) is 9.71. The van der Waals surface area contributed by atoms with Crippen LogP contribution < -0.4 is 11.1 Å². The van der Waals surface area contributed by atoms with E-state index in [2.05, 4.69) is 5.32 Å². The first kappa shape index (κ1) is 37.8. The molecule has 2 aromatic carbocycles. The predicted molar refractivity (Wildman–Crippen MR) is 179 cm³/mol. The van der Waals surface area contributed by atoms with Crippen LogP contribution in [0.25, 0.3) is 0 Å². The van der Waals surface area contributed by atoms with Gasteiger partial charge in [0.25, 0.3) is 0 Å². The number of hydrogen-bond acceptors (Lipinski definition) is 6. The molecule has 1 unspecified atom stereocenters. The van der Waals surface area contributed by atoms with Crippen LogP contribution in [0.2, 0.25) is 0 Å². The number of carbonyl (C=O) groups is 2. The number of carbonyl (C=O) groups excluding carboxylic acids is 2. The van der Waals surface area contributed by atoms with E-state index in [4.69, 9.17) is 5.73 Å². The highest BCUT2D eigenvalue weighted by Gasteiger charge is 2.49. The number of aliphatic hydroxyl groups excluding tert-OH is 1. The molecule has 12 heteroatoms. The molecule has 9 nitrogen and oxygen atoms in total. The topological polar surface area (TPSA) is 133 Å². The zero-order valence-corrected chi connectivity index (χ0v) is 28.7. The summed E-state index contributed by atoms with van der Waals surface area (Å²) in [7, 11) is -2.57. The van der Waals surface area contributed by atoms with Gasteiger partial charge in [0.1, 0.15) is 11.6 Å². The summed E-state index contributed by atoms with van der Waals surface area (Å²) in [5.74, 6) is -4.09. The molecule has 1 aliphatic carbocycles. The van der Waals surface area contributed by atoms with Gasteiger partial charge in [0.2, 0.25) is 21.8 Å². The van der Waals surface area contributed by atoms with Crippen LogP contribution in [-0.4, -0.2) is 73.6 Å². The van der Waals surface area contributed by atoms with Crippen molar-refractivity contribution in [2.24, 2.45) is 17.1 Å². The third-order valence-corrected chi connectivity index (χ3v) is 9.87. The Morgan fingerprint density at radius 3 is 2.19 bits per heavy atom. The first-order valence-corrected chi connectivity index (χ1v) is 17.9. The highest BCUT2D eigenvalue weighted by Crippen LogP contribution is 2.45. The molecule has 1 aliphatic rings. The molecule has 0 bridgehead atoms. The summed E-state index contributed by atoms with van der Waals surface area (Å²) in [5, 5.41) is 15.0. The number of nitrogens with two attached hydrogens (primary N) is 1. The lowest BCUT2D eigenvalue weighted by molar-refractivity contribution is -0.132. The number of benzene rings is 2. The minimum Gasteiger partial charge on any atom is -0.391 e. The molecule has 0 aliphatic heterocycles. The lowest BCUT2D eigenvalue weighted by Gasteiger charge is -2.42. The normalized spacial score (nSPS) is 17.8. The van der Waals surface area contributed by atoms with E-state index in [-0.39, 0.29) is 42.1 Å². The average molecular weight is 675 g/mol. The first-order chi connectivity index (χ1) is 22.1. The minimum absolute atomic E-state index is 0.0285. The van der Waals surface area contributed by atoms with Crippen LogP contribution in [0.5, 0.6) is 0 Å². The van der Waals surface area contributed by atoms with E-state index in [1.54, 1.807) is 4.90 Å². The van der Waals surface area contributed by atoms with Gasteiger partial charge in [0.15, 0.2) is 0 Å². The molecule has 4 N–H and O–H groups in total. The Bertz CT molecular complexity index is 1570. The molecule has 2 aromatic rings. The van der Waals surface area contributed by atoms with Crippen LogP contribution in [0, 0.1) is 23.0 Å². The van der Waals surface area contributed by atoms with Crippen LogP contribution in [-0.2, 0) is 39.0 Å². The SMILES string of the molecule is CCCN(CCC)C(=O)C1=CC(N(C)S(C)(=O)=O)=CC(C(N)=O)([C@H](Cc2cc(F)cc(F)c2)[C@@H](O)CNCc2cccc(CC)c2)C1. The number of likely N-dealkylation sites (N-methyl/N-ethyl adjacent to an activating group) is 1. The predicted octanol–water partition coefficient (Wildman–Crippen LogP) is 4.06. The van der Waals surface area contributed by atoms with E-state index in [1.165, 1.54) is 19.2 Å². The van der Waals surface area contributed by atoms with Crippen LogP contribution >= 0.6 is 0 Å². The fourth-order valence-electron chi connectivity index (χ4n) is 6.16. The molecule has 0 fully saturated rings. The van der Waals surface area contributed by atoms with Crippen molar-refractivity contribution in [3.05, 3.63) is 94.2 Å². The fourth-order valence-corrected chi connectivity index (χ4v) is 6.65. The second kappa shape index (κ2) is 16.5. The van der Waals surface area contributed by atoms with Crippen molar-refractivity contribution in [3.8, 4) is 0 Å². The number of sulfonamides is 1. The second-order valence-corrected chi connectivity index (χ2v) is 14.3. The largest absolute Gasteiger partial charge is 0.391 e. The van der Waals surface area contributed by atoms with E-state index in [9.17, 15) is 31.9 Å². The molecular formula is C35H48F2N4O5S. The zero-order chi connectivity index (χ0) is 34.9. The van der Waals surface area contributed by atoms with Crippen LogP contribution in [0.15, 0.2) is 65.9 Å². The average Bonchev–Trinajstić information content (AvgIpc) is 3.01. The Labute approximate surface area is 277 Å². The number of rotatable bonds is 17. The Hall–Kier alpha value is -3.61. The number of halogens is 2. The molecule has 0 radical (unpaired) electrons. The number of allylic oxidation sites excluding steroid dienone is 1. The van der Waals surface area contributed by atoms with Gasteiger partial charge in [-0.1, -0.05) is 45.0 Å². The van der Waals surface area contributed by atoms with Crippen LogP contribution in [0.1, 0.15) is 56.7 Å². The van der Waals surface area contributed by atoms with E-state index < -0.39 is 45.0 Å². The Balaban J connectivity index is 2.15. The van der Waals surface area contributed by atoms with Gasteiger partial charge in [0.05, 0.1) is 17.8 Å². The molecule has 0 spiro atoms. The molecule has 0 heterocycles. The third-order valence-electron chi connectivity index (χ3n) is 8.67. The highest BCUT2D eigenvalue weighted by molar-refractivity contribution is 7.88. The molecule has 3 rings (SSSR count). The summed E-state index contributed by atoms with van der Waals surface area (Å²) in [6, 6.07) is 10.9. The zero-order valence-electron chi connectivity index (χ0n) is 27.9. The number of amides is 2. The summed E-state index contributed by atoms with van der Waals surface area (Å²) in [6.07, 6.45) is 4.24. The Morgan fingerprint density at radius 2 is 1.64 bits per heavy atom. The summed E-state index contributed by atoms with van der Waals surface area (Å²) in [5.41, 5.74) is 6.79. The number of hydrogen-bond donors (Lipinski definition) is 3. The maximum atomic E-state index is 14.4. The summed E-state index contributed by atoms with van der Waals surface area (Å²) in [4.78, 5) is 29.3. The van der Waals surface area contributed by atoms with Crippen molar-refractivity contribution >= 4 is 21.8 Å². The maximum Gasteiger partial charge on any atom is 0.249 e. The summed E-state index contributed by atoms with van der Waals surface area (Å²) < 4.78 is 55.1. The van der Waals surface area contributed by atoms with Crippen molar-refractivity contribution in [1.29, 1.82) is 0 Å². The maximum absolute atomic E-state index is 14.4. The summed E-state index contributed by atoms with van der Waals surface area (Å²) in [6.45, 7) is 7.13. The summed E-state index contributed by atoms with van der Waals surface area (Å²) >= 11 is 0. The van der Waals surface area contributed by atoms with Gasteiger partial charge in [0, 0.05) is 56.5 Å². The molecule has 2 amide bonds.